The van der Waals surface area contributed by atoms with Crippen LogP contribution in [0.4, 0.5) is 13.2 Å². The Morgan fingerprint density at radius 1 is 1.38 bits per heavy atom. The van der Waals surface area contributed by atoms with Crippen molar-refractivity contribution in [1.29, 1.82) is 0 Å². The molecule has 6 heteroatoms. The van der Waals surface area contributed by atoms with E-state index in [1.165, 1.54) is 0 Å². The van der Waals surface area contributed by atoms with Gasteiger partial charge in [0.2, 0.25) is 0 Å². The van der Waals surface area contributed by atoms with Crippen LogP contribution in [-0.2, 0) is 16.0 Å². The highest BCUT2D eigenvalue weighted by Crippen LogP contribution is 2.26. The third-order valence-corrected chi connectivity index (χ3v) is 2.66. The lowest BCUT2D eigenvalue weighted by Gasteiger charge is -2.07. The van der Waals surface area contributed by atoms with E-state index in [1.54, 1.807) is 6.92 Å². The number of esters is 1. The van der Waals surface area contributed by atoms with Crippen LogP contribution in [0.3, 0.4) is 0 Å². The molecule has 0 saturated heterocycles. The van der Waals surface area contributed by atoms with Gasteiger partial charge < -0.3 is 4.74 Å². The summed E-state index contributed by atoms with van der Waals surface area (Å²) in [6.45, 7) is 1.73. The van der Waals surface area contributed by atoms with Gasteiger partial charge in [-0.05, 0) is 22.9 Å². The molecule has 16 heavy (non-hydrogen) atoms. The van der Waals surface area contributed by atoms with Gasteiger partial charge in [-0.3, -0.25) is 4.79 Å². The first-order valence-electron chi connectivity index (χ1n) is 4.44. The summed E-state index contributed by atoms with van der Waals surface area (Å²) < 4.78 is 43.3. The summed E-state index contributed by atoms with van der Waals surface area (Å²) >= 11 is 2.70. The normalized spacial score (nSPS) is 10.3. The summed E-state index contributed by atoms with van der Waals surface area (Å²) in [5.74, 6) is -4.22. The second kappa shape index (κ2) is 5.34. The van der Waals surface area contributed by atoms with Crippen molar-refractivity contribution in [2.45, 2.75) is 13.3 Å². The quantitative estimate of drug-likeness (QED) is 0.487. The number of carbonyl (C=O) groups excluding carboxylic acids is 1. The molecule has 1 rings (SSSR count). The zero-order chi connectivity index (χ0) is 12.3. The Balaban J connectivity index is 3.05. The molecule has 0 spiro atoms. The van der Waals surface area contributed by atoms with Crippen LogP contribution < -0.4 is 0 Å². The predicted octanol–water partition coefficient (Wildman–Crippen LogP) is 2.97. The van der Waals surface area contributed by atoms with Gasteiger partial charge in [-0.15, -0.1) is 0 Å². The van der Waals surface area contributed by atoms with Crippen molar-refractivity contribution in [2.75, 3.05) is 6.61 Å². The van der Waals surface area contributed by atoms with Gasteiger partial charge in [0.05, 0.1) is 17.5 Å². The summed E-state index contributed by atoms with van der Waals surface area (Å²) in [6.07, 6.45) is -0.447. The van der Waals surface area contributed by atoms with Gasteiger partial charge in [0.1, 0.15) is 5.82 Å². The van der Waals surface area contributed by atoms with Crippen LogP contribution in [0.5, 0.6) is 0 Å². The molecule has 1 aromatic carbocycles. The number of hydrogen-bond donors (Lipinski definition) is 0. The largest absolute Gasteiger partial charge is 0.466 e. The van der Waals surface area contributed by atoms with Crippen LogP contribution in [0.1, 0.15) is 12.5 Å². The van der Waals surface area contributed by atoms with Crippen molar-refractivity contribution < 1.29 is 22.7 Å². The van der Waals surface area contributed by atoms with Gasteiger partial charge in [0.25, 0.3) is 0 Å². The first kappa shape index (κ1) is 13.0. The lowest BCUT2D eigenvalue weighted by molar-refractivity contribution is -0.142. The fourth-order valence-corrected chi connectivity index (χ4v) is 1.64. The van der Waals surface area contributed by atoms with E-state index in [0.717, 1.165) is 0 Å². The molecule has 2 nitrogen and oxygen atoms in total. The van der Waals surface area contributed by atoms with Crippen molar-refractivity contribution >= 4 is 21.9 Å². The van der Waals surface area contributed by atoms with E-state index in [-0.39, 0.29) is 12.2 Å². The Kier molecular flexibility index (Phi) is 4.35. The van der Waals surface area contributed by atoms with Gasteiger partial charge in [-0.1, -0.05) is 0 Å². The number of ether oxygens (including phenoxy) is 1. The highest BCUT2D eigenvalue weighted by Gasteiger charge is 2.19. The molecule has 0 fully saturated rings. The average molecular weight is 297 g/mol. The molecule has 0 aliphatic carbocycles. The third-order valence-electron chi connectivity index (χ3n) is 1.84. The molecular formula is C10H8BrF3O2. The van der Waals surface area contributed by atoms with E-state index in [1.807, 2.05) is 0 Å². The second-order valence-corrected chi connectivity index (χ2v) is 3.72. The summed E-state index contributed by atoms with van der Waals surface area (Å²) in [6, 6.07) is 0.397. The van der Waals surface area contributed by atoms with E-state index in [2.05, 4.69) is 20.7 Å². The zero-order valence-electron chi connectivity index (χ0n) is 8.32. The molecule has 1 aromatic rings. The topological polar surface area (TPSA) is 26.3 Å². The minimum absolute atomic E-state index is 0.141. The fraction of sp³-hybridized carbons (Fsp3) is 0.300. The van der Waals surface area contributed by atoms with Crippen molar-refractivity contribution in [3.63, 3.8) is 0 Å². The standard InChI is InChI=1S/C10H8BrF3O2/c1-2-16-8(15)3-5-6(12)4-7(13)10(14)9(5)11/h4H,2-3H2,1H3. The van der Waals surface area contributed by atoms with Crippen LogP contribution in [0.2, 0.25) is 0 Å². The summed E-state index contributed by atoms with van der Waals surface area (Å²) in [5, 5.41) is 0. The predicted molar refractivity (Wildman–Crippen MR) is 54.4 cm³/mol. The zero-order valence-corrected chi connectivity index (χ0v) is 9.91. The van der Waals surface area contributed by atoms with Crippen LogP contribution in [0.15, 0.2) is 10.5 Å². The molecule has 88 valence electrons. The number of halogens is 4. The lowest BCUT2D eigenvalue weighted by Crippen LogP contribution is -2.10. The van der Waals surface area contributed by atoms with Gasteiger partial charge >= 0.3 is 5.97 Å². The maximum atomic E-state index is 13.2. The first-order chi connectivity index (χ1) is 7.47. The Hall–Kier alpha value is -1.04. The molecule has 0 aliphatic heterocycles. The molecule has 0 N–H and O–H groups in total. The van der Waals surface area contributed by atoms with E-state index < -0.39 is 34.3 Å². The fourth-order valence-electron chi connectivity index (χ4n) is 1.12. The van der Waals surface area contributed by atoms with Crippen molar-refractivity contribution in [3.05, 3.63) is 33.6 Å². The van der Waals surface area contributed by atoms with Crippen molar-refractivity contribution in [2.24, 2.45) is 0 Å². The van der Waals surface area contributed by atoms with Gasteiger partial charge in [-0.2, -0.15) is 0 Å². The van der Waals surface area contributed by atoms with Gasteiger partial charge in [0.15, 0.2) is 11.6 Å². The number of benzene rings is 1. The van der Waals surface area contributed by atoms with Crippen LogP contribution in [-0.4, -0.2) is 12.6 Å². The summed E-state index contributed by atoms with van der Waals surface area (Å²) in [4.78, 5) is 11.1. The second-order valence-electron chi connectivity index (χ2n) is 2.93. The average Bonchev–Trinajstić information content (AvgIpc) is 2.22. The van der Waals surface area contributed by atoms with Gasteiger partial charge in [0, 0.05) is 11.6 Å². The molecular weight excluding hydrogens is 289 g/mol. The first-order valence-corrected chi connectivity index (χ1v) is 5.24. The van der Waals surface area contributed by atoms with E-state index >= 15 is 0 Å². The van der Waals surface area contributed by atoms with Crippen LogP contribution in [0.25, 0.3) is 0 Å². The van der Waals surface area contributed by atoms with E-state index in [9.17, 15) is 18.0 Å². The maximum Gasteiger partial charge on any atom is 0.310 e. The molecule has 0 atom stereocenters. The van der Waals surface area contributed by atoms with E-state index in [0.29, 0.717) is 6.07 Å². The smallest absolute Gasteiger partial charge is 0.310 e. The number of rotatable bonds is 3. The Morgan fingerprint density at radius 3 is 2.56 bits per heavy atom. The molecule has 0 aliphatic rings. The highest BCUT2D eigenvalue weighted by molar-refractivity contribution is 9.10. The van der Waals surface area contributed by atoms with Crippen LogP contribution >= 0.6 is 15.9 Å². The summed E-state index contributed by atoms with van der Waals surface area (Å²) in [5.41, 5.74) is -0.252. The van der Waals surface area contributed by atoms with Crippen molar-refractivity contribution in [3.8, 4) is 0 Å². The monoisotopic (exact) mass is 296 g/mol. The molecule has 0 radical (unpaired) electrons. The molecule has 0 heterocycles. The number of carbonyl (C=O) groups is 1. The Labute approximate surface area is 98.5 Å². The van der Waals surface area contributed by atoms with Crippen molar-refractivity contribution in [1.82, 2.24) is 0 Å². The molecule has 0 unspecified atom stereocenters. The number of hydrogen-bond acceptors (Lipinski definition) is 2. The Bertz CT molecular complexity index is 421. The lowest BCUT2D eigenvalue weighted by atomic mass is 10.1. The SMILES string of the molecule is CCOC(=O)Cc1c(F)cc(F)c(F)c1Br. The minimum Gasteiger partial charge on any atom is -0.466 e. The molecule has 0 bridgehead atoms. The van der Waals surface area contributed by atoms with Crippen LogP contribution in [0, 0.1) is 17.5 Å². The molecule has 0 aromatic heterocycles. The maximum absolute atomic E-state index is 13.2. The minimum atomic E-state index is -1.31. The van der Waals surface area contributed by atoms with Gasteiger partial charge in [-0.25, -0.2) is 13.2 Å². The van der Waals surface area contributed by atoms with E-state index in [4.69, 9.17) is 0 Å². The molecule has 0 amide bonds. The Morgan fingerprint density at radius 2 is 2.00 bits per heavy atom. The highest BCUT2D eigenvalue weighted by atomic mass is 79.9. The summed E-state index contributed by atoms with van der Waals surface area (Å²) in [7, 11) is 0. The molecule has 0 saturated carbocycles. The third kappa shape index (κ3) is 2.75.